The number of fused-ring (bicyclic) bond motifs is 2. The molecule has 1 amide bonds. The van der Waals surface area contributed by atoms with E-state index >= 15 is 0 Å². The highest BCUT2D eigenvalue weighted by Gasteiger charge is 2.36. The first-order chi connectivity index (χ1) is 13.3. The second kappa shape index (κ2) is 6.47. The van der Waals surface area contributed by atoms with Gasteiger partial charge in [-0.3, -0.25) is 4.79 Å². The van der Waals surface area contributed by atoms with Gasteiger partial charge in [0.15, 0.2) is 11.5 Å². The largest absolute Gasteiger partial charge is 0.454 e. The Morgan fingerprint density at radius 2 is 1.81 bits per heavy atom. The van der Waals surface area contributed by atoms with Crippen molar-refractivity contribution < 1.29 is 14.3 Å². The quantitative estimate of drug-likeness (QED) is 0.743. The Kier molecular flexibility index (Phi) is 3.82. The lowest BCUT2D eigenvalue weighted by Gasteiger charge is -2.06. The van der Waals surface area contributed by atoms with Crippen LogP contribution in [0.4, 0.5) is 0 Å². The normalized spacial score (nSPS) is 15.9. The molecule has 3 aromatic carbocycles. The average Bonchev–Trinajstić information content (AvgIpc) is 3.19. The molecule has 27 heavy (non-hydrogen) atoms. The van der Waals surface area contributed by atoms with Gasteiger partial charge in [-0.1, -0.05) is 54.6 Å². The lowest BCUT2D eigenvalue weighted by atomic mass is 10.1. The van der Waals surface area contributed by atoms with Crippen LogP contribution >= 0.6 is 0 Å². The Balaban J connectivity index is 1.23. The van der Waals surface area contributed by atoms with E-state index in [1.54, 1.807) is 0 Å². The molecule has 1 aliphatic heterocycles. The van der Waals surface area contributed by atoms with Gasteiger partial charge >= 0.3 is 0 Å². The summed E-state index contributed by atoms with van der Waals surface area (Å²) in [6.07, 6.45) is 1.13. The Labute approximate surface area is 157 Å². The summed E-state index contributed by atoms with van der Waals surface area (Å²) < 4.78 is 10.7. The number of hydrogen-bond donors (Lipinski definition) is 1. The van der Waals surface area contributed by atoms with Crippen LogP contribution in [0.1, 0.15) is 29.2 Å². The van der Waals surface area contributed by atoms with Gasteiger partial charge in [0, 0.05) is 6.42 Å². The molecule has 0 saturated carbocycles. The summed E-state index contributed by atoms with van der Waals surface area (Å²) in [5.74, 6) is 1.59. The van der Waals surface area contributed by atoms with E-state index in [9.17, 15) is 4.79 Å². The van der Waals surface area contributed by atoms with Crippen molar-refractivity contribution in [3.05, 3.63) is 83.4 Å². The summed E-state index contributed by atoms with van der Waals surface area (Å²) in [7, 11) is 0. The molecule has 1 heterocycles. The van der Waals surface area contributed by atoms with E-state index in [1.165, 1.54) is 22.3 Å². The van der Waals surface area contributed by atoms with Crippen molar-refractivity contribution in [2.45, 2.75) is 18.9 Å². The van der Waals surface area contributed by atoms with E-state index in [0.29, 0.717) is 12.8 Å². The molecule has 134 valence electrons. The summed E-state index contributed by atoms with van der Waals surface area (Å²) in [5.41, 5.74) is 5.92. The van der Waals surface area contributed by atoms with E-state index in [0.717, 1.165) is 17.1 Å². The summed E-state index contributed by atoms with van der Waals surface area (Å²) in [4.78, 5) is 12.4. The minimum absolute atomic E-state index is 0.0412. The fourth-order valence-corrected chi connectivity index (χ4v) is 3.68. The third-order valence-corrected chi connectivity index (χ3v) is 5.12. The summed E-state index contributed by atoms with van der Waals surface area (Å²) in [6.45, 7) is 0.267. The smallest absolute Gasteiger partial charge is 0.231 e. The minimum atomic E-state index is 0.0412. The Morgan fingerprint density at radius 1 is 0.963 bits per heavy atom. The van der Waals surface area contributed by atoms with Crippen LogP contribution in [0.3, 0.4) is 0 Å². The number of carbonyl (C=O) groups excluding carboxylic acids is 1. The van der Waals surface area contributed by atoms with Crippen LogP contribution in [-0.2, 0) is 11.2 Å². The van der Waals surface area contributed by atoms with Crippen molar-refractivity contribution in [2.24, 2.45) is 0 Å². The first kappa shape index (κ1) is 15.9. The van der Waals surface area contributed by atoms with Crippen molar-refractivity contribution in [1.82, 2.24) is 5.32 Å². The van der Waals surface area contributed by atoms with Crippen LogP contribution < -0.4 is 14.8 Å². The molecule has 1 N–H and O–H groups in total. The third kappa shape index (κ3) is 3.04. The van der Waals surface area contributed by atoms with E-state index in [2.05, 4.69) is 35.6 Å². The molecule has 2 aliphatic rings. The van der Waals surface area contributed by atoms with Gasteiger partial charge in [0.2, 0.25) is 12.7 Å². The zero-order valence-electron chi connectivity index (χ0n) is 14.8. The van der Waals surface area contributed by atoms with Crippen molar-refractivity contribution in [3.8, 4) is 22.6 Å². The van der Waals surface area contributed by atoms with Crippen LogP contribution in [0.15, 0.2) is 66.7 Å². The molecule has 0 spiro atoms. The Morgan fingerprint density at radius 3 is 2.70 bits per heavy atom. The molecule has 1 unspecified atom stereocenters. The Bertz CT molecular complexity index is 1010. The summed E-state index contributed by atoms with van der Waals surface area (Å²) in [6, 6.07) is 22.4. The molecule has 4 heteroatoms. The zero-order valence-corrected chi connectivity index (χ0v) is 14.8. The molecule has 0 saturated heterocycles. The van der Waals surface area contributed by atoms with Crippen molar-refractivity contribution in [3.63, 3.8) is 0 Å². The fourth-order valence-electron chi connectivity index (χ4n) is 3.68. The van der Waals surface area contributed by atoms with Gasteiger partial charge < -0.3 is 14.8 Å². The second-order valence-electron chi connectivity index (χ2n) is 6.86. The van der Waals surface area contributed by atoms with E-state index in [4.69, 9.17) is 9.47 Å². The highest BCUT2D eigenvalue weighted by atomic mass is 16.7. The predicted octanol–water partition coefficient (Wildman–Crippen LogP) is 4.23. The van der Waals surface area contributed by atoms with Crippen LogP contribution in [0.25, 0.3) is 11.1 Å². The standard InChI is InChI=1S/C23H19NO3/c25-21(12-10-15-9-11-19-20(13-15)27-14-26-19)24-23-18-8-4-7-17(22(18)23)16-5-2-1-3-6-16/h1-9,11,13,23H,10,12,14H2,(H,24,25). The molecule has 1 atom stereocenters. The molecule has 0 radical (unpaired) electrons. The van der Waals surface area contributed by atoms with Crippen LogP contribution in [0.2, 0.25) is 0 Å². The number of amides is 1. The third-order valence-electron chi connectivity index (χ3n) is 5.12. The van der Waals surface area contributed by atoms with Gasteiger partial charge in [-0.2, -0.15) is 0 Å². The zero-order chi connectivity index (χ0) is 18.2. The molecule has 0 aromatic heterocycles. The molecular formula is C23H19NO3. The summed E-state index contributed by atoms with van der Waals surface area (Å²) in [5, 5.41) is 3.16. The average molecular weight is 357 g/mol. The molecule has 0 bridgehead atoms. The number of rotatable bonds is 5. The van der Waals surface area contributed by atoms with Gasteiger partial charge in [0.25, 0.3) is 0 Å². The van der Waals surface area contributed by atoms with Crippen molar-refractivity contribution in [1.29, 1.82) is 0 Å². The summed E-state index contributed by atoms with van der Waals surface area (Å²) >= 11 is 0. The van der Waals surface area contributed by atoms with Gasteiger partial charge in [-0.25, -0.2) is 0 Å². The fraction of sp³-hybridized carbons (Fsp3) is 0.174. The molecule has 5 rings (SSSR count). The lowest BCUT2D eigenvalue weighted by Crippen LogP contribution is -2.22. The topological polar surface area (TPSA) is 47.6 Å². The van der Waals surface area contributed by atoms with Gasteiger partial charge in [-0.05, 0) is 46.4 Å². The van der Waals surface area contributed by atoms with E-state index in [-0.39, 0.29) is 18.7 Å². The predicted molar refractivity (Wildman–Crippen MR) is 103 cm³/mol. The van der Waals surface area contributed by atoms with E-state index in [1.807, 2.05) is 36.4 Å². The second-order valence-corrected chi connectivity index (χ2v) is 6.86. The van der Waals surface area contributed by atoms with Gasteiger partial charge in [0.1, 0.15) is 0 Å². The van der Waals surface area contributed by atoms with Gasteiger partial charge in [0.05, 0.1) is 6.04 Å². The number of benzene rings is 3. The number of hydrogen-bond acceptors (Lipinski definition) is 3. The number of carbonyl (C=O) groups is 1. The molecule has 3 aromatic rings. The van der Waals surface area contributed by atoms with Crippen molar-refractivity contribution >= 4 is 5.91 Å². The molecule has 4 nitrogen and oxygen atoms in total. The number of nitrogens with one attached hydrogen (secondary N) is 1. The Hall–Kier alpha value is -3.27. The number of ether oxygens (including phenoxy) is 2. The SMILES string of the molecule is O=C(CCc1ccc2c(c1)OCO2)NC1c2cccc(-c3ccccc3)c21. The maximum atomic E-state index is 12.4. The maximum absolute atomic E-state index is 12.4. The lowest BCUT2D eigenvalue weighted by molar-refractivity contribution is -0.121. The number of aryl methyl sites for hydroxylation is 1. The first-order valence-electron chi connectivity index (χ1n) is 9.16. The minimum Gasteiger partial charge on any atom is -0.454 e. The van der Waals surface area contributed by atoms with E-state index < -0.39 is 0 Å². The maximum Gasteiger partial charge on any atom is 0.231 e. The van der Waals surface area contributed by atoms with Crippen LogP contribution in [0.5, 0.6) is 11.5 Å². The van der Waals surface area contributed by atoms with Crippen LogP contribution in [0, 0.1) is 0 Å². The monoisotopic (exact) mass is 357 g/mol. The first-order valence-corrected chi connectivity index (χ1v) is 9.16. The molecular weight excluding hydrogens is 338 g/mol. The molecule has 1 aliphatic carbocycles. The molecule has 0 fully saturated rings. The highest BCUT2D eigenvalue weighted by Crippen LogP contribution is 2.47. The van der Waals surface area contributed by atoms with Gasteiger partial charge in [-0.15, -0.1) is 0 Å². The van der Waals surface area contributed by atoms with Crippen LogP contribution in [-0.4, -0.2) is 12.7 Å². The highest BCUT2D eigenvalue weighted by molar-refractivity contribution is 5.83. The van der Waals surface area contributed by atoms with Crippen molar-refractivity contribution in [2.75, 3.05) is 6.79 Å².